The number of fused-ring (bicyclic) bond motifs is 1. The van der Waals surface area contributed by atoms with Crippen LogP contribution in [0.2, 0.25) is 0 Å². The second kappa shape index (κ2) is 6.28. The van der Waals surface area contributed by atoms with Crippen LogP contribution in [0.5, 0.6) is 0 Å². The minimum atomic E-state index is -0.281. The number of hydrogen-bond acceptors (Lipinski definition) is 4. The molecule has 114 valence electrons. The molecule has 0 spiro atoms. The summed E-state index contributed by atoms with van der Waals surface area (Å²) < 4.78 is 2.06. The molecule has 1 N–H and O–H groups in total. The van der Waals surface area contributed by atoms with Gasteiger partial charge in [-0.05, 0) is 24.6 Å². The Morgan fingerprint density at radius 1 is 1.35 bits per heavy atom. The minimum absolute atomic E-state index is 0.281. The molecule has 2 aromatic heterocycles. The first-order chi connectivity index (χ1) is 11.2. The van der Waals surface area contributed by atoms with Crippen LogP contribution >= 0.6 is 0 Å². The van der Waals surface area contributed by atoms with Crippen molar-refractivity contribution in [2.45, 2.75) is 19.9 Å². The standard InChI is InChI=1S/C17H15N5O/c1-2-5-22-10-12(7-18)15-6-14(3-4-16(15)22)21-17(23)13-8-19-11-20-9-13/h3-4,6,8-11H,2,5H2,1H3,(H,21,23). The molecule has 0 fully saturated rings. The Bertz CT molecular complexity index is 892. The molecule has 0 unspecified atom stereocenters. The maximum absolute atomic E-state index is 12.2. The molecule has 1 amide bonds. The minimum Gasteiger partial charge on any atom is -0.346 e. The number of aromatic nitrogens is 3. The van der Waals surface area contributed by atoms with Crippen molar-refractivity contribution >= 4 is 22.5 Å². The molecule has 2 heterocycles. The monoisotopic (exact) mass is 305 g/mol. The van der Waals surface area contributed by atoms with E-state index in [9.17, 15) is 10.1 Å². The van der Waals surface area contributed by atoms with Gasteiger partial charge in [0.05, 0.1) is 11.1 Å². The fourth-order valence-electron chi connectivity index (χ4n) is 2.51. The van der Waals surface area contributed by atoms with Gasteiger partial charge in [0.25, 0.3) is 5.91 Å². The Morgan fingerprint density at radius 3 is 2.83 bits per heavy atom. The molecular weight excluding hydrogens is 290 g/mol. The molecule has 0 aliphatic rings. The van der Waals surface area contributed by atoms with Crippen LogP contribution < -0.4 is 5.32 Å². The number of rotatable bonds is 4. The Balaban J connectivity index is 1.94. The Labute approximate surface area is 133 Å². The van der Waals surface area contributed by atoms with Gasteiger partial charge in [-0.15, -0.1) is 0 Å². The van der Waals surface area contributed by atoms with Crippen molar-refractivity contribution in [3.05, 3.63) is 54.2 Å². The molecule has 0 saturated carbocycles. The van der Waals surface area contributed by atoms with Gasteiger partial charge in [-0.25, -0.2) is 9.97 Å². The van der Waals surface area contributed by atoms with E-state index in [1.165, 1.54) is 18.7 Å². The van der Waals surface area contributed by atoms with Gasteiger partial charge >= 0.3 is 0 Å². The molecule has 0 aliphatic heterocycles. The number of amides is 1. The van der Waals surface area contributed by atoms with Crippen molar-refractivity contribution < 1.29 is 4.79 Å². The van der Waals surface area contributed by atoms with Crippen molar-refractivity contribution in [3.63, 3.8) is 0 Å². The summed E-state index contributed by atoms with van der Waals surface area (Å²) in [4.78, 5) is 19.8. The number of carbonyl (C=O) groups is 1. The molecule has 23 heavy (non-hydrogen) atoms. The molecule has 3 rings (SSSR count). The number of benzene rings is 1. The normalized spacial score (nSPS) is 10.4. The first kappa shape index (κ1) is 14.7. The molecule has 3 aromatic rings. The lowest BCUT2D eigenvalue weighted by molar-refractivity contribution is 0.102. The van der Waals surface area contributed by atoms with Crippen LogP contribution in [0.1, 0.15) is 29.3 Å². The van der Waals surface area contributed by atoms with E-state index in [2.05, 4.69) is 32.8 Å². The Kier molecular flexibility index (Phi) is 4.02. The van der Waals surface area contributed by atoms with E-state index in [1.807, 2.05) is 24.4 Å². The van der Waals surface area contributed by atoms with E-state index < -0.39 is 0 Å². The Morgan fingerprint density at radius 2 is 2.13 bits per heavy atom. The molecule has 0 saturated heterocycles. The van der Waals surface area contributed by atoms with Gasteiger partial charge in [0.15, 0.2) is 0 Å². The molecule has 0 atom stereocenters. The molecule has 0 radical (unpaired) electrons. The van der Waals surface area contributed by atoms with Gasteiger partial charge in [0.1, 0.15) is 12.4 Å². The second-order valence-corrected chi connectivity index (χ2v) is 5.16. The summed E-state index contributed by atoms with van der Waals surface area (Å²) in [6.45, 7) is 2.94. The lowest BCUT2D eigenvalue weighted by Gasteiger charge is -2.06. The van der Waals surface area contributed by atoms with Gasteiger partial charge < -0.3 is 9.88 Å². The van der Waals surface area contributed by atoms with E-state index in [1.54, 1.807) is 0 Å². The van der Waals surface area contributed by atoms with Crippen LogP contribution in [0.3, 0.4) is 0 Å². The molecule has 6 heteroatoms. The van der Waals surface area contributed by atoms with E-state index in [0.717, 1.165) is 23.9 Å². The highest BCUT2D eigenvalue weighted by molar-refractivity contribution is 6.05. The average molecular weight is 305 g/mol. The smallest absolute Gasteiger partial charge is 0.258 e. The number of anilines is 1. The summed E-state index contributed by atoms with van der Waals surface area (Å²) in [6, 6.07) is 7.78. The number of nitrogens with one attached hydrogen (secondary N) is 1. The van der Waals surface area contributed by atoms with E-state index in [-0.39, 0.29) is 5.91 Å². The van der Waals surface area contributed by atoms with Crippen molar-refractivity contribution in [2.75, 3.05) is 5.32 Å². The number of nitrogens with zero attached hydrogens (tertiary/aromatic N) is 4. The van der Waals surface area contributed by atoms with Crippen LogP contribution in [0.15, 0.2) is 43.1 Å². The quantitative estimate of drug-likeness (QED) is 0.803. The van der Waals surface area contributed by atoms with Crippen molar-refractivity contribution in [1.29, 1.82) is 5.26 Å². The summed E-state index contributed by atoms with van der Waals surface area (Å²) in [6.07, 6.45) is 7.13. The van der Waals surface area contributed by atoms with E-state index >= 15 is 0 Å². The zero-order valence-electron chi connectivity index (χ0n) is 12.7. The fraction of sp³-hybridized carbons (Fsp3) is 0.176. The van der Waals surface area contributed by atoms with Crippen molar-refractivity contribution in [2.24, 2.45) is 0 Å². The van der Waals surface area contributed by atoms with Crippen LogP contribution in [0.4, 0.5) is 5.69 Å². The van der Waals surface area contributed by atoms with Gasteiger partial charge in [-0.3, -0.25) is 4.79 Å². The number of hydrogen-bond donors (Lipinski definition) is 1. The van der Waals surface area contributed by atoms with E-state index in [0.29, 0.717) is 16.8 Å². The summed E-state index contributed by atoms with van der Waals surface area (Å²) in [5, 5.41) is 12.9. The topological polar surface area (TPSA) is 83.6 Å². The molecule has 1 aromatic carbocycles. The SMILES string of the molecule is CCCn1cc(C#N)c2cc(NC(=O)c3cncnc3)ccc21. The lowest BCUT2D eigenvalue weighted by Crippen LogP contribution is -2.12. The molecule has 6 nitrogen and oxygen atoms in total. The first-order valence-corrected chi connectivity index (χ1v) is 7.32. The highest BCUT2D eigenvalue weighted by Crippen LogP contribution is 2.25. The van der Waals surface area contributed by atoms with Gasteiger partial charge in [-0.1, -0.05) is 6.92 Å². The Hall–Kier alpha value is -3.20. The second-order valence-electron chi connectivity index (χ2n) is 5.16. The van der Waals surface area contributed by atoms with Crippen LogP contribution in [-0.4, -0.2) is 20.4 Å². The van der Waals surface area contributed by atoms with Crippen molar-refractivity contribution in [1.82, 2.24) is 14.5 Å². The predicted octanol–water partition coefficient (Wildman–Crippen LogP) is 2.97. The fourth-order valence-corrected chi connectivity index (χ4v) is 2.51. The number of nitriles is 1. The first-order valence-electron chi connectivity index (χ1n) is 7.32. The van der Waals surface area contributed by atoms with Crippen LogP contribution in [0, 0.1) is 11.3 Å². The maximum atomic E-state index is 12.2. The van der Waals surface area contributed by atoms with Gasteiger partial charge in [0, 0.05) is 41.7 Å². The third-order valence-electron chi connectivity index (χ3n) is 3.55. The molecular formula is C17H15N5O. The summed E-state index contributed by atoms with van der Waals surface area (Å²) in [7, 11) is 0. The highest BCUT2D eigenvalue weighted by Gasteiger charge is 2.11. The van der Waals surface area contributed by atoms with Crippen molar-refractivity contribution in [3.8, 4) is 6.07 Å². The lowest BCUT2D eigenvalue weighted by atomic mass is 10.1. The third kappa shape index (κ3) is 2.90. The summed E-state index contributed by atoms with van der Waals surface area (Å²) in [5.74, 6) is -0.281. The predicted molar refractivity (Wildman–Crippen MR) is 86.9 cm³/mol. The highest BCUT2D eigenvalue weighted by atomic mass is 16.1. The van der Waals surface area contributed by atoms with Gasteiger partial charge in [-0.2, -0.15) is 5.26 Å². The number of aryl methyl sites for hydroxylation is 1. The largest absolute Gasteiger partial charge is 0.346 e. The summed E-state index contributed by atoms with van der Waals surface area (Å²) >= 11 is 0. The molecule has 0 aliphatic carbocycles. The van der Waals surface area contributed by atoms with E-state index in [4.69, 9.17) is 0 Å². The zero-order valence-corrected chi connectivity index (χ0v) is 12.7. The van der Waals surface area contributed by atoms with Gasteiger partial charge in [0.2, 0.25) is 0 Å². The zero-order chi connectivity index (χ0) is 16.2. The average Bonchev–Trinajstić information content (AvgIpc) is 2.93. The summed E-state index contributed by atoms with van der Waals surface area (Å²) in [5.41, 5.74) is 2.62. The number of carbonyl (C=O) groups excluding carboxylic acids is 1. The third-order valence-corrected chi connectivity index (χ3v) is 3.55. The van der Waals surface area contributed by atoms with Crippen LogP contribution in [-0.2, 0) is 6.54 Å². The molecule has 0 bridgehead atoms. The maximum Gasteiger partial charge on any atom is 0.258 e. The van der Waals surface area contributed by atoms with Crippen LogP contribution in [0.25, 0.3) is 10.9 Å².